The first-order chi connectivity index (χ1) is 17.0. The van der Waals surface area contributed by atoms with Crippen molar-refractivity contribution in [3.05, 3.63) is 64.6 Å². The summed E-state index contributed by atoms with van der Waals surface area (Å²) < 4.78 is 25.4. The second-order valence-corrected chi connectivity index (χ2v) is 11.2. The lowest BCUT2D eigenvalue weighted by Crippen LogP contribution is -2.50. The molecule has 1 saturated heterocycles. The number of anilines is 2. The second kappa shape index (κ2) is 10.3. The molecule has 3 heterocycles. The Hall–Kier alpha value is -3.44. The van der Waals surface area contributed by atoms with Crippen molar-refractivity contribution in [2.24, 2.45) is 0 Å². The van der Waals surface area contributed by atoms with E-state index in [-0.39, 0.29) is 22.9 Å². The van der Waals surface area contributed by atoms with Crippen LogP contribution in [0.4, 0.5) is 11.5 Å². The predicted octanol–water partition coefficient (Wildman–Crippen LogP) is 2.55. The highest BCUT2D eigenvalue weighted by molar-refractivity contribution is 7.90. The van der Waals surface area contributed by atoms with Crippen molar-refractivity contribution >= 4 is 44.8 Å². The highest BCUT2D eigenvalue weighted by Gasteiger charge is 2.25. The van der Waals surface area contributed by atoms with Crippen molar-refractivity contribution in [2.75, 3.05) is 42.7 Å². The highest BCUT2D eigenvalue weighted by atomic mass is 35.5. The van der Waals surface area contributed by atoms with Crippen LogP contribution in [0.1, 0.15) is 21.7 Å². The number of aromatic nitrogens is 3. The van der Waals surface area contributed by atoms with Crippen LogP contribution in [0.15, 0.2) is 47.5 Å². The van der Waals surface area contributed by atoms with Crippen LogP contribution in [0.3, 0.4) is 0 Å². The molecule has 10 nitrogen and oxygen atoms in total. The van der Waals surface area contributed by atoms with Crippen LogP contribution < -0.4 is 10.2 Å². The lowest BCUT2D eigenvalue weighted by molar-refractivity contribution is -0.132. The van der Waals surface area contributed by atoms with E-state index in [0.717, 1.165) is 17.6 Å². The van der Waals surface area contributed by atoms with Crippen molar-refractivity contribution < 1.29 is 18.0 Å². The number of amides is 2. The number of halogens is 1. The van der Waals surface area contributed by atoms with Crippen LogP contribution in [-0.2, 0) is 21.2 Å². The van der Waals surface area contributed by atoms with Gasteiger partial charge in [0.1, 0.15) is 6.54 Å². The van der Waals surface area contributed by atoms with Gasteiger partial charge in [-0.25, -0.2) is 13.4 Å². The van der Waals surface area contributed by atoms with Crippen LogP contribution in [-0.4, -0.2) is 72.3 Å². The first-order valence-electron chi connectivity index (χ1n) is 11.3. The summed E-state index contributed by atoms with van der Waals surface area (Å²) in [5, 5.41) is 7.51. The molecular weight excluding hydrogens is 504 g/mol. The SMILES string of the molecule is Cc1cc(C)n(CC(=O)N2CCN(c3ncc(Cl)cc3NC(=O)c3cccc(S(C)(=O)=O)c3)CC2)n1. The zero-order valence-corrected chi connectivity index (χ0v) is 21.8. The van der Waals surface area contributed by atoms with Gasteiger partial charge in [0.25, 0.3) is 5.91 Å². The number of nitrogens with one attached hydrogen (secondary N) is 1. The summed E-state index contributed by atoms with van der Waals surface area (Å²) in [7, 11) is -3.46. The number of piperazine rings is 1. The fourth-order valence-electron chi connectivity index (χ4n) is 4.07. The summed E-state index contributed by atoms with van der Waals surface area (Å²) in [5.41, 5.74) is 2.41. The van der Waals surface area contributed by atoms with Gasteiger partial charge in [0, 0.05) is 49.9 Å². The Morgan fingerprint density at radius 2 is 1.81 bits per heavy atom. The van der Waals surface area contributed by atoms with Gasteiger partial charge in [-0.2, -0.15) is 5.10 Å². The monoisotopic (exact) mass is 530 g/mol. The molecule has 4 rings (SSSR count). The van der Waals surface area contributed by atoms with Crippen LogP contribution in [0.25, 0.3) is 0 Å². The van der Waals surface area contributed by atoms with Crippen molar-refractivity contribution in [1.29, 1.82) is 0 Å². The normalized spacial score (nSPS) is 14.1. The van der Waals surface area contributed by atoms with Crippen molar-refractivity contribution in [2.45, 2.75) is 25.3 Å². The van der Waals surface area contributed by atoms with E-state index < -0.39 is 15.7 Å². The number of sulfone groups is 1. The van der Waals surface area contributed by atoms with Crippen LogP contribution in [0, 0.1) is 13.8 Å². The van der Waals surface area contributed by atoms with E-state index in [4.69, 9.17) is 11.6 Å². The summed E-state index contributed by atoms with van der Waals surface area (Å²) in [5.74, 6) is 0.0337. The van der Waals surface area contributed by atoms with E-state index in [2.05, 4.69) is 15.4 Å². The van der Waals surface area contributed by atoms with Gasteiger partial charge in [-0.1, -0.05) is 17.7 Å². The number of carbonyl (C=O) groups excluding carboxylic acids is 2. The molecule has 0 atom stereocenters. The van der Waals surface area contributed by atoms with E-state index in [1.165, 1.54) is 30.5 Å². The maximum atomic E-state index is 12.9. The molecule has 1 fully saturated rings. The van der Waals surface area contributed by atoms with Gasteiger partial charge in [-0.3, -0.25) is 14.3 Å². The first kappa shape index (κ1) is 25.6. The van der Waals surface area contributed by atoms with Gasteiger partial charge in [0.15, 0.2) is 15.7 Å². The fourth-order valence-corrected chi connectivity index (χ4v) is 4.89. The lowest BCUT2D eigenvalue weighted by atomic mass is 10.2. The third-order valence-electron chi connectivity index (χ3n) is 5.93. The maximum absolute atomic E-state index is 12.9. The summed E-state index contributed by atoms with van der Waals surface area (Å²) in [6.45, 7) is 6.02. The molecule has 3 aromatic rings. The zero-order chi connectivity index (χ0) is 26.0. The Morgan fingerprint density at radius 1 is 1.08 bits per heavy atom. The number of benzene rings is 1. The number of carbonyl (C=O) groups is 2. The van der Waals surface area contributed by atoms with Crippen molar-refractivity contribution in [3.8, 4) is 0 Å². The Morgan fingerprint density at radius 3 is 2.44 bits per heavy atom. The number of hydrogen-bond acceptors (Lipinski definition) is 7. The van der Waals surface area contributed by atoms with E-state index in [9.17, 15) is 18.0 Å². The molecule has 2 amide bonds. The average Bonchev–Trinajstić information content (AvgIpc) is 3.15. The van der Waals surface area contributed by atoms with Gasteiger partial charge in [0.05, 0.1) is 21.3 Å². The van der Waals surface area contributed by atoms with Crippen molar-refractivity contribution in [1.82, 2.24) is 19.7 Å². The summed E-state index contributed by atoms with van der Waals surface area (Å²) in [4.78, 5) is 34.0. The maximum Gasteiger partial charge on any atom is 0.255 e. The van der Waals surface area contributed by atoms with E-state index in [1.54, 1.807) is 15.6 Å². The summed E-state index contributed by atoms with van der Waals surface area (Å²) in [6.07, 6.45) is 2.59. The fraction of sp³-hybridized carbons (Fsp3) is 0.333. The minimum Gasteiger partial charge on any atom is -0.351 e. The predicted molar refractivity (Wildman–Crippen MR) is 137 cm³/mol. The molecule has 1 aromatic carbocycles. The van der Waals surface area contributed by atoms with Crippen LogP contribution in [0.5, 0.6) is 0 Å². The number of rotatable bonds is 6. The molecule has 2 aromatic heterocycles. The molecule has 12 heteroatoms. The number of pyridine rings is 1. The average molecular weight is 531 g/mol. The molecule has 1 N–H and O–H groups in total. The molecule has 1 aliphatic rings. The molecule has 0 aliphatic carbocycles. The molecule has 190 valence electrons. The molecule has 0 unspecified atom stereocenters. The number of hydrogen-bond donors (Lipinski definition) is 1. The molecule has 0 saturated carbocycles. The molecular formula is C24H27ClN6O4S. The molecule has 0 bridgehead atoms. The highest BCUT2D eigenvalue weighted by Crippen LogP contribution is 2.28. The molecule has 0 spiro atoms. The number of nitrogens with zero attached hydrogens (tertiary/aromatic N) is 5. The Labute approximate surface area is 214 Å². The minimum atomic E-state index is -3.46. The lowest BCUT2D eigenvalue weighted by Gasteiger charge is -2.36. The largest absolute Gasteiger partial charge is 0.351 e. The van der Waals surface area contributed by atoms with Crippen LogP contribution >= 0.6 is 11.6 Å². The van der Waals surface area contributed by atoms with Gasteiger partial charge in [0.2, 0.25) is 5.91 Å². The summed E-state index contributed by atoms with van der Waals surface area (Å²) >= 11 is 6.15. The summed E-state index contributed by atoms with van der Waals surface area (Å²) in [6, 6.07) is 9.36. The first-order valence-corrected chi connectivity index (χ1v) is 13.6. The van der Waals surface area contributed by atoms with E-state index in [1.807, 2.05) is 24.8 Å². The van der Waals surface area contributed by atoms with Gasteiger partial charge in [-0.15, -0.1) is 0 Å². The Balaban J connectivity index is 1.46. The molecule has 1 aliphatic heterocycles. The van der Waals surface area contributed by atoms with Gasteiger partial charge >= 0.3 is 0 Å². The zero-order valence-electron chi connectivity index (χ0n) is 20.2. The van der Waals surface area contributed by atoms with E-state index >= 15 is 0 Å². The third kappa shape index (κ3) is 5.85. The van der Waals surface area contributed by atoms with Crippen molar-refractivity contribution in [3.63, 3.8) is 0 Å². The third-order valence-corrected chi connectivity index (χ3v) is 7.24. The minimum absolute atomic E-state index is 0.0100. The Bertz CT molecular complexity index is 1410. The second-order valence-electron chi connectivity index (χ2n) is 8.73. The topological polar surface area (TPSA) is 117 Å². The standard InChI is InChI=1S/C24H27ClN6O4S/c1-16-11-17(2)31(28-16)15-22(32)29-7-9-30(10-8-29)23-21(13-19(25)14-26-23)27-24(33)18-5-4-6-20(12-18)36(3,34)35/h4-6,11-14H,7-10,15H2,1-3H3,(H,27,33). The number of aryl methyl sites for hydroxylation is 2. The van der Waals surface area contributed by atoms with E-state index in [0.29, 0.717) is 42.7 Å². The van der Waals surface area contributed by atoms with Gasteiger partial charge in [-0.05, 0) is 44.2 Å². The van der Waals surface area contributed by atoms with Crippen LogP contribution in [0.2, 0.25) is 5.02 Å². The Kier molecular flexibility index (Phi) is 7.32. The van der Waals surface area contributed by atoms with Gasteiger partial charge < -0.3 is 15.1 Å². The molecule has 36 heavy (non-hydrogen) atoms. The molecule has 0 radical (unpaired) electrons. The quantitative estimate of drug-likeness (QED) is 0.520. The smallest absolute Gasteiger partial charge is 0.255 e.